The molecule has 30 heavy (non-hydrogen) atoms. The van der Waals surface area contributed by atoms with Gasteiger partial charge in [-0.2, -0.15) is 4.98 Å². The van der Waals surface area contributed by atoms with E-state index < -0.39 is 5.97 Å². The topological polar surface area (TPSA) is 92.9 Å². The van der Waals surface area contributed by atoms with E-state index in [9.17, 15) is 4.79 Å². The number of carbonyl (C=O) groups is 1. The number of carbonyl (C=O) groups excluding carboxylic acids is 1. The molecule has 0 amide bonds. The molecule has 0 aliphatic heterocycles. The first kappa shape index (κ1) is 20.9. The van der Waals surface area contributed by atoms with Crippen LogP contribution in [-0.2, 0) is 16.1 Å². The third-order valence-corrected chi connectivity index (χ3v) is 4.07. The monoisotopic (exact) mass is 410 g/mol. The van der Waals surface area contributed by atoms with Gasteiger partial charge in [-0.05, 0) is 31.2 Å². The lowest BCUT2D eigenvalue weighted by atomic mass is 10.2. The molecular weight excluding hydrogens is 388 g/mol. The molecule has 0 N–H and O–H groups in total. The van der Waals surface area contributed by atoms with E-state index in [0.29, 0.717) is 35.2 Å². The number of benzene rings is 2. The van der Waals surface area contributed by atoms with Crippen LogP contribution >= 0.6 is 0 Å². The number of hydrogen-bond donors (Lipinski definition) is 0. The standard InChI is InChI=1S/C22H22N2O6/c1-4-28-18-8-6-5-7-15(18)9-12-21(25)29-14-20-23-22(24-30-20)17-11-10-16(26-2)13-19(17)27-3/h5-13H,4,14H2,1-3H3/b12-9+. The van der Waals surface area contributed by atoms with Gasteiger partial charge in [0.15, 0.2) is 6.61 Å². The number of para-hydroxylation sites is 1. The quantitative estimate of drug-likeness (QED) is 0.387. The van der Waals surface area contributed by atoms with Crippen LogP contribution in [0, 0.1) is 0 Å². The Balaban J connectivity index is 1.63. The maximum atomic E-state index is 12.0. The second-order valence-corrected chi connectivity index (χ2v) is 5.99. The highest BCUT2D eigenvalue weighted by Crippen LogP contribution is 2.31. The van der Waals surface area contributed by atoms with E-state index in [1.54, 1.807) is 31.4 Å². The third-order valence-electron chi connectivity index (χ3n) is 4.07. The maximum Gasteiger partial charge on any atom is 0.331 e. The van der Waals surface area contributed by atoms with Crippen LogP contribution in [0.1, 0.15) is 18.4 Å². The van der Waals surface area contributed by atoms with Crippen LogP contribution in [0.25, 0.3) is 17.5 Å². The van der Waals surface area contributed by atoms with Crippen molar-refractivity contribution in [1.82, 2.24) is 10.1 Å². The van der Waals surface area contributed by atoms with E-state index in [0.717, 1.165) is 5.56 Å². The third kappa shape index (κ3) is 5.16. The predicted molar refractivity (Wildman–Crippen MR) is 109 cm³/mol. The Morgan fingerprint density at radius 3 is 2.70 bits per heavy atom. The molecule has 0 spiro atoms. The number of aromatic nitrogens is 2. The zero-order valence-corrected chi connectivity index (χ0v) is 17.0. The fourth-order valence-corrected chi connectivity index (χ4v) is 2.65. The molecule has 0 fully saturated rings. The Morgan fingerprint density at radius 1 is 1.10 bits per heavy atom. The van der Waals surface area contributed by atoms with Crippen molar-refractivity contribution in [2.45, 2.75) is 13.5 Å². The zero-order valence-electron chi connectivity index (χ0n) is 17.0. The van der Waals surface area contributed by atoms with E-state index in [4.69, 9.17) is 23.5 Å². The smallest absolute Gasteiger partial charge is 0.331 e. The van der Waals surface area contributed by atoms with Crippen LogP contribution in [0.2, 0.25) is 0 Å². The predicted octanol–water partition coefficient (Wildman–Crippen LogP) is 3.91. The van der Waals surface area contributed by atoms with Crippen molar-refractivity contribution in [1.29, 1.82) is 0 Å². The number of esters is 1. The summed E-state index contributed by atoms with van der Waals surface area (Å²) in [4.78, 5) is 16.3. The summed E-state index contributed by atoms with van der Waals surface area (Å²) in [5, 5.41) is 3.92. The van der Waals surface area contributed by atoms with E-state index in [1.807, 2.05) is 31.2 Å². The largest absolute Gasteiger partial charge is 0.497 e. The molecule has 0 radical (unpaired) electrons. The van der Waals surface area contributed by atoms with E-state index in [-0.39, 0.29) is 12.5 Å². The molecule has 2 aromatic carbocycles. The minimum absolute atomic E-state index is 0.151. The molecule has 0 unspecified atom stereocenters. The fraction of sp³-hybridized carbons (Fsp3) is 0.227. The van der Waals surface area contributed by atoms with Gasteiger partial charge in [-0.25, -0.2) is 4.79 Å². The molecular formula is C22H22N2O6. The van der Waals surface area contributed by atoms with Gasteiger partial charge in [0, 0.05) is 17.7 Å². The average molecular weight is 410 g/mol. The van der Waals surface area contributed by atoms with Crippen molar-refractivity contribution in [3.05, 3.63) is 60.0 Å². The van der Waals surface area contributed by atoms with Gasteiger partial charge in [0.25, 0.3) is 5.89 Å². The Kier molecular flexibility index (Phi) is 7.05. The lowest BCUT2D eigenvalue weighted by Gasteiger charge is -2.07. The molecule has 0 aliphatic carbocycles. The summed E-state index contributed by atoms with van der Waals surface area (Å²) < 4.78 is 26.4. The molecule has 0 saturated heterocycles. The van der Waals surface area contributed by atoms with Crippen LogP contribution in [0.3, 0.4) is 0 Å². The summed E-state index contributed by atoms with van der Waals surface area (Å²) in [7, 11) is 3.11. The molecule has 3 aromatic rings. The van der Waals surface area contributed by atoms with Gasteiger partial charge in [-0.3, -0.25) is 0 Å². The Hall–Kier alpha value is -3.81. The number of methoxy groups -OCH3 is 2. The average Bonchev–Trinajstić information content (AvgIpc) is 3.25. The summed E-state index contributed by atoms with van der Waals surface area (Å²) in [5.41, 5.74) is 1.41. The highest BCUT2D eigenvalue weighted by Gasteiger charge is 2.15. The number of hydrogen-bond acceptors (Lipinski definition) is 8. The Bertz CT molecular complexity index is 1030. The normalized spacial score (nSPS) is 10.8. The van der Waals surface area contributed by atoms with Crippen molar-refractivity contribution in [3.8, 4) is 28.6 Å². The van der Waals surface area contributed by atoms with Crippen molar-refractivity contribution in [3.63, 3.8) is 0 Å². The molecule has 1 heterocycles. The van der Waals surface area contributed by atoms with Crippen molar-refractivity contribution in [2.75, 3.05) is 20.8 Å². The number of nitrogens with zero attached hydrogens (tertiary/aromatic N) is 2. The second-order valence-electron chi connectivity index (χ2n) is 5.99. The van der Waals surface area contributed by atoms with Crippen LogP contribution in [0.5, 0.6) is 17.2 Å². The fourth-order valence-electron chi connectivity index (χ4n) is 2.65. The molecule has 156 valence electrons. The molecule has 8 nitrogen and oxygen atoms in total. The molecule has 0 aliphatic rings. The molecule has 0 bridgehead atoms. The number of rotatable bonds is 9. The zero-order chi connectivity index (χ0) is 21.3. The van der Waals surface area contributed by atoms with Gasteiger partial charge >= 0.3 is 5.97 Å². The molecule has 0 saturated carbocycles. The summed E-state index contributed by atoms with van der Waals surface area (Å²) >= 11 is 0. The van der Waals surface area contributed by atoms with Gasteiger partial charge in [-0.15, -0.1) is 0 Å². The molecule has 8 heteroatoms. The summed E-state index contributed by atoms with van der Waals surface area (Å²) in [6.45, 7) is 2.28. The van der Waals surface area contributed by atoms with E-state index in [1.165, 1.54) is 13.2 Å². The Morgan fingerprint density at radius 2 is 1.93 bits per heavy atom. The highest BCUT2D eigenvalue weighted by atomic mass is 16.6. The van der Waals surface area contributed by atoms with Gasteiger partial charge in [0.1, 0.15) is 17.2 Å². The van der Waals surface area contributed by atoms with Crippen LogP contribution in [-0.4, -0.2) is 36.9 Å². The summed E-state index contributed by atoms with van der Waals surface area (Å²) in [5.74, 6) is 1.82. The van der Waals surface area contributed by atoms with E-state index in [2.05, 4.69) is 10.1 Å². The van der Waals surface area contributed by atoms with Crippen molar-refractivity contribution in [2.24, 2.45) is 0 Å². The van der Waals surface area contributed by atoms with Crippen molar-refractivity contribution >= 4 is 12.0 Å². The van der Waals surface area contributed by atoms with Crippen LogP contribution in [0.4, 0.5) is 0 Å². The molecule has 0 atom stereocenters. The van der Waals surface area contributed by atoms with Crippen LogP contribution in [0.15, 0.2) is 53.1 Å². The summed E-state index contributed by atoms with van der Waals surface area (Å²) in [6, 6.07) is 12.7. The van der Waals surface area contributed by atoms with E-state index >= 15 is 0 Å². The van der Waals surface area contributed by atoms with Crippen LogP contribution < -0.4 is 14.2 Å². The van der Waals surface area contributed by atoms with Gasteiger partial charge in [0.05, 0.1) is 26.4 Å². The van der Waals surface area contributed by atoms with Gasteiger partial charge in [-0.1, -0.05) is 23.4 Å². The highest BCUT2D eigenvalue weighted by molar-refractivity contribution is 5.87. The maximum absolute atomic E-state index is 12.0. The molecule has 3 rings (SSSR count). The first-order valence-corrected chi connectivity index (χ1v) is 9.26. The summed E-state index contributed by atoms with van der Waals surface area (Å²) in [6.07, 6.45) is 2.95. The minimum atomic E-state index is -0.539. The molecule has 1 aromatic heterocycles. The second kappa shape index (κ2) is 10.1. The first-order chi connectivity index (χ1) is 14.6. The number of ether oxygens (including phenoxy) is 4. The van der Waals surface area contributed by atoms with Gasteiger partial charge < -0.3 is 23.5 Å². The minimum Gasteiger partial charge on any atom is -0.497 e. The first-order valence-electron chi connectivity index (χ1n) is 9.26. The SMILES string of the molecule is CCOc1ccccc1/C=C/C(=O)OCc1nc(-c2ccc(OC)cc2OC)no1. The van der Waals surface area contributed by atoms with Gasteiger partial charge in [0.2, 0.25) is 5.82 Å². The lowest BCUT2D eigenvalue weighted by Crippen LogP contribution is -2.01. The lowest BCUT2D eigenvalue weighted by molar-refractivity contribution is -0.139. The Labute approximate surface area is 174 Å². The van der Waals surface area contributed by atoms with Crippen molar-refractivity contribution < 1.29 is 28.3 Å².